The summed E-state index contributed by atoms with van der Waals surface area (Å²) in [6.07, 6.45) is 0. The van der Waals surface area contributed by atoms with Gasteiger partial charge in [0.25, 0.3) is 0 Å². The van der Waals surface area contributed by atoms with Gasteiger partial charge in [-0.25, -0.2) is 4.98 Å². The maximum atomic E-state index is 5.90. The lowest BCUT2D eigenvalue weighted by atomic mass is 10.1. The second kappa shape index (κ2) is 4.75. The van der Waals surface area contributed by atoms with Crippen molar-refractivity contribution in [3.8, 4) is 0 Å². The molecule has 1 fully saturated rings. The highest BCUT2D eigenvalue weighted by atomic mass is 35.5. The number of rotatable bonds is 1. The summed E-state index contributed by atoms with van der Waals surface area (Å²) in [5.41, 5.74) is 2.24. The molecule has 3 rings (SSSR count). The third-order valence-electron chi connectivity index (χ3n) is 3.51. The summed E-state index contributed by atoms with van der Waals surface area (Å²) in [6, 6.07) is 10.3. The number of anilines is 1. The van der Waals surface area contributed by atoms with Crippen LogP contribution in [0.3, 0.4) is 0 Å². The molecule has 0 aliphatic carbocycles. The molecule has 1 aliphatic rings. The Morgan fingerprint density at radius 2 is 1.83 bits per heavy atom. The smallest absolute Gasteiger partial charge is 0.129 e. The minimum Gasteiger partial charge on any atom is -0.369 e. The van der Waals surface area contributed by atoms with Gasteiger partial charge in [-0.1, -0.05) is 11.6 Å². The lowest BCUT2D eigenvalue weighted by Gasteiger charge is -2.34. The van der Waals surface area contributed by atoms with Gasteiger partial charge in [-0.15, -0.1) is 0 Å². The average molecular weight is 262 g/mol. The molecule has 4 heteroatoms. The van der Waals surface area contributed by atoms with Crippen LogP contribution in [-0.2, 0) is 0 Å². The third-order valence-corrected chi connectivity index (χ3v) is 3.72. The molecule has 94 valence electrons. The number of likely N-dealkylation sites (N-methyl/N-ethyl adjacent to an activating group) is 1. The Morgan fingerprint density at radius 1 is 1.06 bits per heavy atom. The Bertz CT molecular complexity index is 562. The zero-order valence-corrected chi connectivity index (χ0v) is 11.2. The van der Waals surface area contributed by atoms with Crippen molar-refractivity contribution in [3.05, 3.63) is 35.5 Å². The fourth-order valence-electron chi connectivity index (χ4n) is 2.35. The van der Waals surface area contributed by atoms with E-state index >= 15 is 0 Å². The molecule has 0 saturated carbocycles. The van der Waals surface area contributed by atoms with Crippen LogP contribution in [0, 0.1) is 0 Å². The van der Waals surface area contributed by atoms with Gasteiger partial charge < -0.3 is 9.80 Å². The highest BCUT2D eigenvalue weighted by Gasteiger charge is 2.14. The largest absolute Gasteiger partial charge is 0.369 e. The van der Waals surface area contributed by atoms with Gasteiger partial charge in [0.15, 0.2) is 0 Å². The molecule has 2 aromatic rings. The summed E-state index contributed by atoms with van der Waals surface area (Å²) in [5.74, 6) is 0. The normalized spacial score (nSPS) is 17.3. The molecule has 0 atom stereocenters. The van der Waals surface area contributed by atoms with Crippen LogP contribution in [0.4, 0.5) is 5.69 Å². The van der Waals surface area contributed by atoms with E-state index in [1.165, 1.54) is 5.69 Å². The Kier molecular flexibility index (Phi) is 3.10. The predicted molar refractivity (Wildman–Crippen MR) is 76.5 cm³/mol. The molecule has 1 saturated heterocycles. The van der Waals surface area contributed by atoms with Crippen molar-refractivity contribution in [1.82, 2.24) is 9.88 Å². The molecule has 0 bridgehead atoms. The van der Waals surface area contributed by atoms with Crippen LogP contribution in [-0.4, -0.2) is 43.1 Å². The van der Waals surface area contributed by atoms with E-state index in [4.69, 9.17) is 11.6 Å². The van der Waals surface area contributed by atoms with E-state index in [1.54, 1.807) is 0 Å². The highest BCUT2D eigenvalue weighted by molar-refractivity contribution is 6.29. The molecule has 18 heavy (non-hydrogen) atoms. The van der Waals surface area contributed by atoms with Crippen molar-refractivity contribution in [3.63, 3.8) is 0 Å². The SMILES string of the molecule is CN1CCN(c2ccc3nc(Cl)ccc3c2)CC1. The number of fused-ring (bicyclic) bond motifs is 1. The number of halogens is 1. The van der Waals surface area contributed by atoms with E-state index in [-0.39, 0.29) is 0 Å². The summed E-state index contributed by atoms with van der Waals surface area (Å²) >= 11 is 5.90. The molecular formula is C14H16ClN3. The minimum atomic E-state index is 0.551. The van der Waals surface area contributed by atoms with Crippen LogP contribution in [0.15, 0.2) is 30.3 Å². The summed E-state index contributed by atoms with van der Waals surface area (Å²) < 4.78 is 0. The first-order valence-electron chi connectivity index (χ1n) is 6.22. The molecule has 2 heterocycles. The fourth-order valence-corrected chi connectivity index (χ4v) is 2.50. The van der Waals surface area contributed by atoms with Crippen molar-refractivity contribution in [1.29, 1.82) is 0 Å². The molecule has 0 spiro atoms. The lowest BCUT2D eigenvalue weighted by molar-refractivity contribution is 0.313. The molecule has 0 unspecified atom stereocenters. The summed E-state index contributed by atoms with van der Waals surface area (Å²) in [5, 5.41) is 1.70. The summed E-state index contributed by atoms with van der Waals surface area (Å²) in [7, 11) is 2.17. The van der Waals surface area contributed by atoms with Gasteiger partial charge in [-0.3, -0.25) is 0 Å². The third kappa shape index (κ3) is 2.28. The van der Waals surface area contributed by atoms with Crippen molar-refractivity contribution >= 4 is 28.2 Å². The number of hydrogen-bond donors (Lipinski definition) is 0. The monoisotopic (exact) mass is 261 g/mol. The number of hydrogen-bond acceptors (Lipinski definition) is 3. The van der Waals surface area contributed by atoms with Gasteiger partial charge >= 0.3 is 0 Å². The van der Waals surface area contributed by atoms with E-state index < -0.39 is 0 Å². The Morgan fingerprint density at radius 3 is 2.61 bits per heavy atom. The van der Waals surface area contributed by atoms with Crippen molar-refractivity contribution in [2.75, 3.05) is 38.1 Å². The van der Waals surface area contributed by atoms with Gasteiger partial charge in [0.1, 0.15) is 5.15 Å². The quantitative estimate of drug-likeness (QED) is 0.736. The van der Waals surface area contributed by atoms with Crippen LogP contribution in [0.5, 0.6) is 0 Å². The summed E-state index contributed by atoms with van der Waals surface area (Å²) in [6.45, 7) is 4.42. The van der Waals surface area contributed by atoms with E-state index in [2.05, 4.69) is 40.0 Å². The van der Waals surface area contributed by atoms with Gasteiger partial charge in [0, 0.05) is 37.3 Å². The van der Waals surface area contributed by atoms with Gasteiger partial charge in [0.2, 0.25) is 0 Å². The number of piperazine rings is 1. The molecule has 1 aliphatic heterocycles. The van der Waals surface area contributed by atoms with Gasteiger partial charge in [-0.05, 0) is 37.4 Å². The zero-order chi connectivity index (χ0) is 12.5. The first kappa shape index (κ1) is 11.8. The van der Waals surface area contributed by atoms with Crippen LogP contribution in [0.25, 0.3) is 10.9 Å². The van der Waals surface area contributed by atoms with E-state index in [0.29, 0.717) is 5.15 Å². The highest BCUT2D eigenvalue weighted by Crippen LogP contribution is 2.23. The molecule has 0 N–H and O–H groups in total. The Labute approximate surface area is 112 Å². The van der Waals surface area contributed by atoms with Gasteiger partial charge in [-0.2, -0.15) is 0 Å². The standard InChI is InChI=1S/C14H16ClN3/c1-17-6-8-18(9-7-17)12-3-4-13-11(10-12)2-5-14(15)16-13/h2-5,10H,6-9H2,1H3. The van der Waals surface area contributed by atoms with Crippen LogP contribution < -0.4 is 4.90 Å². The Hall–Kier alpha value is -1.32. The number of benzene rings is 1. The molecular weight excluding hydrogens is 246 g/mol. The Balaban J connectivity index is 1.91. The van der Waals surface area contributed by atoms with Gasteiger partial charge in [0.05, 0.1) is 5.52 Å². The predicted octanol–water partition coefficient (Wildman–Crippen LogP) is 2.64. The first-order valence-corrected chi connectivity index (χ1v) is 6.60. The van der Waals surface area contributed by atoms with Crippen molar-refractivity contribution in [2.45, 2.75) is 0 Å². The first-order chi connectivity index (χ1) is 8.72. The topological polar surface area (TPSA) is 19.4 Å². The van der Waals surface area contributed by atoms with Crippen LogP contribution in [0.2, 0.25) is 5.15 Å². The van der Waals surface area contributed by atoms with E-state index in [9.17, 15) is 0 Å². The molecule has 3 nitrogen and oxygen atoms in total. The maximum absolute atomic E-state index is 5.90. The van der Waals surface area contributed by atoms with Crippen molar-refractivity contribution in [2.24, 2.45) is 0 Å². The fraction of sp³-hybridized carbons (Fsp3) is 0.357. The number of aromatic nitrogens is 1. The molecule has 0 amide bonds. The minimum absolute atomic E-state index is 0.551. The number of nitrogens with zero attached hydrogens (tertiary/aromatic N) is 3. The summed E-state index contributed by atoms with van der Waals surface area (Å²) in [4.78, 5) is 9.10. The lowest BCUT2D eigenvalue weighted by Crippen LogP contribution is -2.44. The second-order valence-electron chi connectivity index (χ2n) is 4.80. The van der Waals surface area contributed by atoms with E-state index in [1.807, 2.05) is 12.1 Å². The zero-order valence-electron chi connectivity index (χ0n) is 10.4. The van der Waals surface area contributed by atoms with E-state index in [0.717, 1.165) is 37.1 Å². The molecule has 1 aromatic carbocycles. The average Bonchev–Trinajstić information content (AvgIpc) is 2.39. The van der Waals surface area contributed by atoms with Crippen molar-refractivity contribution < 1.29 is 0 Å². The molecule has 1 aromatic heterocycles. The van der Waals surface area contributed by atoms with Crippen LogP contribution in [0.1, 0.15) is 0 Å². The second-order valence-corrected chi connectivity index (χ2v) is 5.19. The van der Waals surface area contributed by atoms with Crippen LogP contribution >= 0.6 is 11.6 Å². The maximum Gasteiger partial charge on any atom is 0.129 e. The number of pyridine rings is 1. The molecule has 0 radical (unpaired) electrons.